The van der Waals surface area contributed by atoms with Crippen LogP contribution in [0.3, 0.4) is 0 Å². The molecule has 6 heteroatoms. The van der Waals surface area contributed by atoms with Gasteiger partial charge in [-0.3, -0.25) is 0 Å². The molecule has 2 rings (SSSR count). The number of hydrogen-bond acceptors (Lipinski definition) is 5. The lowest BCUT2D eigenvalue weighted by molar-refractivity contribution is 0.602. The molecule has 0 N–H and O–H groups in total. The van der Waals surface area contributed by atoms with Gasteiger partial charge >= 0.3 is 0 Å². The zero-order valence-corrected chi connectivity index (χ0v) is 12.1. The topological polar surface area (TPSA) is 63.2 Å². The van der Waals surface area contributed by atoms with Gasteiger partial charge in [-0.15, -0.1) is 0 Å². The largest absolute Gasteiger partial charge is 0.359 e. The van der Waals surface area contributed by atoms with Gasteiger partial charge in [-0.2, -0.15) is 0 Å². The fraction of sp³-hybridized carbons (Fsp3) is 0.385. The van der Waals surface area contributed by atoms with Crippen LogP contribution in [0.5, 0.6) is 0 Å². The first kappa shape index (κ1) is 13.7. The average Bonchev–Trinajstić information content (AvgIpc) is 2.36. The first-order chi connectivity index (χ1) is 8.93. The Hall–Kier alpha value is -1.69. The molecule has 19 heavy (non-hydrogen) atoms. The van der Waals surface area contributed by atoms with Gasteiger partial charge in [0, 0.05) is 25.2 Å². The zero-order valence-electron chi connectivity index (χ0n) is 11.3. The van der Waals surface area contributed by atoms with Crippen LogP contribution in [0.4, 0.5) is 5.82 Å². The monoisotopic (exact) mass is 279 g/mol. The van der Waals surface area contributed by atoms with Crippen LogP contribution in [0.15, 0.2) is 29.4 Å². The molecule has 0 saturated carbocycles. The molecule has 0 atom stereocenters. The van der Waals surface area contributed by atoms with Crippen molar-refractivity contribution in [3.8, 4) is 0 Å². The standard InChI is InChI=1S/C13H17N3O2S/c1-4-7-16(2)13-11-8-10(19(3,17)18)5-6-12(11)14-9-15-13/h5-6,8-9H,4,7H2,1-3H3. The average molecular weight is 279 g/mol. The van der Waals surface area contributed by atoms with Gasteiger partial charge < -0.3 is 4.90 Å². The number of hydrogen-bond donors (Lipinski definition) is 0. The summed E-state index contributed by atoms with van der Waals surface area (Å²) in [5.74, 6) is 0.761. The summed E-state index contributed by atoms with van der Waals surface area (Å²) in [6.45, 7) is 2.94. The van der Waals surface area contributed by atoms with Crippen molar-refractivity contribution in [1.29, 1.82) is 0 Å². The minimum atomic E-state index is -3.22. The summed E-state index contributed by atoms with van der Waals surface area (Å²) in [7, 11) is -1.28. The summed E-state index contributed by atoms with van der Waals surface area (Å²) in [5, 5.41) is 0.765. The Morgan fingerprint density at radius 2 is 2.00 bits per heavy atom. The molecular formula is C13H17N3O2S. The summed E-state index contributed by atoms with van der Waals surface area (Å²) in [5.41, 5.74) is 0.750. The van der Waals surface area contributed by atoms with Crippen molar-refractivity contribution in [3.63, 3.8) is 0 Å². The predicted octanol–water partition coefficient (Wildman–Crippen LogP) is 1.88. The maximum absolute atomic E-state index is 11.6. The van der Waals surface area contributed by atoms with Crippen LogP contribution >= 0.6 is 0 Å². The first-order valence-electron chi connectivity index (χ1n) is 6.09. The number of rotatable bonds is 4. The summed E-state index contributed by atoms with van der Waals surface area (Å²) >= 11 is 0. The van der Waals surface area contributed by atoms with Crippen molar-refractivity contribution in [2.75, 3.05) is 24.7 Å². The first-order valence-corrected chi connectivity index (χ1v) is 7.98. The van der Waals surface area contributed by atoms with Crippen molar-refractivity contribution in [2.24, 2.45) is 0 Å². The minimum Gasteiger partial charge on any atom is -0.359 e. The molecule has 0 aliphatic heterocycles. The molecule has 1 aromatic carbocycles. The van der Waals surface area contributed by atoms with E-state index in [9.17, 15) is 8.42 Å². The fourth-order valence-corrected chi connectivity index (χ4v) is 2.65. The second kappa shape index (κ2) is 5.13. The van der Waals surface area contributed by atoms with Gasteiger partial charge in [-0.1, -0.05) is 6.92 Å². The molecule has 0 unspecified atom stereocenters. The molecule has 0 aliphatic carbocycles. The van der Waals surface area contributed by atoms with Crippen molar-refractivity contribution in [2.45, 2.75) is 18.2 Å². The van der Waals surface area contributed by atoms with E-state index < -0.39 is 9.84 Å². The van der Waals surface area contributed by atoms with Crippen molar-refractivity contribution in [1.82, 2.24) is 9.97 Å². The van der Waals surface area contributed by atoms with E-state index >= 15 is 0 Å². The molecule has 2 aromatic rings. The van der Waals surface area contributed by atoms with E-state index in [2.05, 4.69) is 16.9 Å². The van der Waals surface area contributed by atoms with Gasteiger partial charge in [0.25, 0.3) is 0 Å². The van der Waals surface area contributed by atoms with Crippen molar-refractivity contribution in [3.05, 3.63) is 24.5 Å². The Morgan fingerprint density at radius 3 is 2.63 bits per heavy atom. The lowest BCUT2D eigenvalue weighted by Gasteiger charge is -2.18. The lowest BCUT2D eigenvalue weighted by atomic mass is 10.2. The Morgan fingerprint density at radius 1 is 1.26 bits per heavy atom. The number of fused-ring (bicyclic) bond motifs is 1. The van der Waals surface area contributed by atoms with E-state index in [0.717, 1.165) is 29.7 Å². The molecule has 5 nitrogen and oxygen atoms in total. The molecule has 0 radical (unpaired) electrons. The van der Waals surface area contributed by atoms with E-state index in [1.165, 1.54) is 12.6 Å². The van der Waals surface area contributed by atoms with E-state index in [4.69, 9.17) is 0 Å². The highest BCUT2D eigenvalue weighted by Crippen LogP contribution is 2.25. The van der Waals surface area contributed by atoms with Gasteiger partial charge in [0.05, 0.1) is 10.4 Å². The molecule has 0 amide bonds. The molecule has 102 valence electrons. The van der Waals surface area contributed by atoms with Crippen LogP contribution < -0.4 is 4.90 Å². The molecule has 0 spiro atoms. The Labute approximate surface area is 113 Å². The van der Waals surface area contributed by atoms with E-state index in [-0.39, 0.29) is 0 Å². The molecule has 1 aromatic heterocycles. The maximum Gasteiger partial charge on any atom is 0.175 e. The second-order valence-corrected chi connectivity index (χ2v) is 6.59. The number of aromatic nitrogens is 2. The van der Waals surface area contributed by atoms with E-state index in [1.807, 2.05) is 11.9 Å². The number of sulfone groups is 1. The third-order valence-corrected chi connectivity index (χ3v) is 4.04. The fourth-order valence-electron chi connectivity index (χ4n) is 2.00. The predicted molar refractivity (Wildman–Crippen MR) is 76.2 cm³/mol. The second-order valence-electron chi connectivity index (χ2n) is 4.57. The van der Waals surface area contributed by atoms with Crippen molar-refractivity contribution < 1.29 is 8.42 Å². The Kier molecular flexibility index (Phi) is 3.71. The van der Waals surface area contributed by atoms with Gasteiger partial charge in [-0.25, -0.2) is 18.4 Å². The Bertz CT molecular complexity index is 698. The summed E-state index contributed by atoms with van der Waals surface area (Å²) < 4.78 is 23.3. The highest BCUT2D eigenvalue weighted by molar-refractivity contribution is 7.90. The van der Waals surface area contributed by atoms with E-state index in [1.54, 1.807) is 18.2 Å². The number of nitrogens with zero attached hydrogens (tertiary/aromatic N) is 3. The smallest absolute Gasteiger partial charge is 0.175 e. The van der Waals surface area contributed by atoms with Crippen LogP contribution in [0, 0.1) is 0 Å². The normalized spacial score (nSPS) is 11.7. The molecule has 1 heterocycles. The van der Waals surface area contributed by atoms with E-state index in [0.29, 0.717) is 4.90 Å². The molecular weight excluding hydrogens is 262 g/mol. The van der Waals surface area contributed by atoms with Gasteiger partial charge in [0.1, 0.15) is 12.1 Å². The van der Waals surface area contributed by atoms with Gasteiger partial charge in [-0.05, 0) is 24.6 Å². The molecule has 0 fully saturated rings. The third kappa shape index (κ3) is 2.84. The number of benzene rings is 1. The summed E-state index contributed by atoms with van der Waals surface area (Å²) in [6.07, 6.45) is 3.70. The van der Waals surface area contributed by atoms with Gasteiger partial charge in [0.2, 0.25) is 0 Å². The minimum absolute atomic E-state index is 0.293. The number of anilines is 1. The molecule has 0 bridgehead atoms. The molecule has 0 aliphatic rings. The summed E-state index contributed by atoms with van der Waals surface area (Å²) in [6, 6.07) is 4.94. The molecule has 0 saturated heterocycles. The van der Waals surface area contributed by atoms with Gasteiger partial charge in [0.15, 0.2) is 9.84 Å². The quantitative estimate of drug-likeness (QED) is 0.855. The van der Waals surface area contributed by atoms with Crippen LogP contribution in [0.25, 0.3) is 10.9 Å². The third-order valence-electron chi connectivity index (χ3n) is 2.93. The van der Waals surface area contributed by atoms with Crippen LogP contribution in [0.1, 0.15) is 13.3 Å². The lowest BCUT2D eigenvalue weighted by Crippen LogP contribution is -2.19. The zero-order chi connectivity index (χ0) is 14.0. The van der Waals surface area contributed by atoms with Crippen LogP contribution in [-0.4, -0.2) is 38.2 Å². The summed E-state index contributed by atoms with van der Waals surface area (Å²) in [4.78, 5) is 10.7. The maximum atomic E-state index is 11.6. The van der Waals surface area contributed by atoms with Crippen LogP contribution in [-0.2, 0) is 9.84 Å². The van der Waals surface area contributed by atoms with Crippen molar-refractivity contribution >= 4 is 26.6 Å². The van der Waals surface area contributed by atoms with Crippen LogP contribution in [0.2, 0.25) is 0 Å². The highest BCUT2D eigenvalue weighted by atomic mass is 32.2. The highest BCUT2D eigenvalue weighted by Gasteiger charge is 2.12. The SMILES string of the molecule is CCCN(C)c1ncnc2ccc(S(C)(=O)=O)cc12. The Balaban J connectivity index is 2.65.